The van der Waals surface area contributed by atoms with E-state index < -0.39 is 0 Å². The van der Waals surface area contributed by atoms with E-state index in [9.17, 15) is 0 Å². The van der Waals surface area contributed by atoms with Crippen molar-refractivity contribution >= 4 is 5.96 Å². The fourth-order valence-electron chi connectivity index (χ4n) is 1.44. The van der Waals surface area contributed by atoms with Crippen molar-refractivity contribution in [3.8, 4) is 0 Å². The fraction of sp³-hybridized carbons (Fsp3) is 0.300. The van der Waals surface area contributed by atoms with Gasteiger partial charge >= 0.3 is 0 Å². The molecular formula is C10H15N7. The highest BCUT2D eigenvalue weighted by atomic mass is 15.6. The van der Waals surface area contributed by atoms with Gasteiger partial charge in [0.25, 0.3) is 0 Å². The Kier molecular flexibility index (Phi) is 3.39. The van der Waals surface area contributed by atoms with Gasteiger partial charge in [-0.05, 0) is 6.42 Å². The SMILES string of the molecule is CCCN(C(N)=Nn1ccnc1)n1ccnc1. The maximum absolute atomic E-state index is 5.97. The average Bonchev–Trinajstić information content (AvgIpc) is 2.97. The third-order valence-electron chi connectivity index (χ3n) is 2.18. The van der Waals surface area contributed by atoms with E-state index in [1.165, 1.54) is 0 Å². The molecule has 90 valence electrons. The first-order valence-corrected chi connectivity index (χ1v) is 5.39. The van der Waals surface area contributed by atoms with Gasteiger partial charge in [0.1, 0.15) is 12.7 Å². The Morgan fingerprint density at radius 1 is 1.29 bits per heavy atom. The molecule has 0 radical (unpaired) electrons. The van der Waals surface area contributed by atoms with Crippen molar-refractivity contribution in [2.45, 2.75) is 13.3 Å². The topological polar surface area (TPSA) is 77.3 Å². The van der Waals surface area contributed by atoms with Crippen molar-refractivity contribution in [2.24, 2.45) is 10.8 Å². The summed E-state index contributed by atoms with van der Waals surface area (Å²) in [5, 5.41) is 6.06. The molecule has 7 nitrogen and oxygen atoms in total. The molecule has 0 spiro atoms. The van der Waals surface area contributed by atoms with Crippen LogP contribution >= 0.6 is 0 Å². The quantitative estimate of drug-likeness (QED) is 0.604. The lowest BCUT2D eigenvalue weighted by Gasteiger charge is -2.23. The second kappa shape index (κ2) is 5.15. The molecule has 2 aromatic heterocycles. The van der Waals surface area contributed by atoms with Crippen LogP contribution in [-0.4, -0.2) is 31.8 Å². The second-order valence-electron chi connectivity index (χ2n) is 3.47. The third kappa shape index (κ3) is 2.63. The van der Waals surface area contributed by atoms with Crippen molar-refractivity contribution < 1.29 is 0 Å². The van der Waals surface area contributed by atoms with Crippen LogP contribution in [0.15, 0.2) is 42.5 Å². The molecule has 2 N–H and O–H groups in total. The summed E-state index contributed by atoms with van der Waals surface area (Å²) in [5.41, 5.74) is 5.97. The van der Waals surface area contributed by atoms with Crippen molar-refractivity contribution in [2.75, 3.05) is 11.6 Å². The summed E-state index contributed by atoms with van der Waals surface area (Å²) in [7, 11) is 0. The minimum absolute atomic E-state index is 0.392. The third-order valence-corrected chi connectivity index (χ3v) is 2.18. The normalized spacial score (nSPS) is 11.7. The Morgan fingerprint density at radius 3 is 2.65 bits per heavy atom. The van der Waals surface area contributed by atoms with Gasteiger partial charge in [-0.3, -0.25) is 0 Å². The lowest BCUT2D eigenvalue weighted by molar-refractivity contribution is 0.680. The van der Waals surface area contributed by atoms with Gasteiger partial charge in [-0.2, -0.15) is 0 Å². The highest BCUT2D eigenvalue weighted by Gasteiger charge is 2.08. The number of guanidine groups is 1. The van der Waals surface area contributed by atoms with E-state index in [1.807, 2.05) is 11.2 Å². The molecule has 0 amide bonds. The number of nitrogens with two attached hydrogens (primary N) is 1. The van der Waals surface area contributed by atoms with E-state index in [0.29, 0.717) is 5.96 Å². The standard InChI is InChI=1S/C10H15N7/c1-2-5-17(16-7-4-13-9-16)10(11)14-15-6-3-12-8-15/h3-4,6-9H,2,5H2,1H3,(H2,11,14). The van der Waals surface area contributed by atoms with Crippen molar-refractivity contribution in [1.82, 2.24) is 19.3 Å². The van der Waals surface area contributed by atoms with Crippen molar-refractivity contribution in [3.05, 3.63) is 37.4 Å². The average molecular weight is 233 g/mol. The number of imidazole rings is 2. The molecule has 2 aromatic rings. The van der Waals surface area contributed by atoms with Crippen molar-refractivity contribution in [3.63, 3.8) is 0 Å². The molecule has 2 rings (SSSR count). The predicted octanol–water partition coefficient (Wildman–Crippen LogP) is 0.206. The maximum Gasteiger partial charge on any atom is 0.234 e. The largest absolute Gasteiger partial charge is 0.367 e. The summed E-state index contributed by atoms with van der Waals surface area (Å²) in [6.45, 7) is 2.84. The summed E-state index contributed by atoms with van der Waals surface area (Å²) >= 11 is 0. The lowest BCUT2D eigenvalue weighted by atomic mass is 10.5. The first kappa shape index (κ1) is 11.2. The van der Waals surface area contributed by atoms with E-state index in [0.717, 1.165) is 13.0 Å². The molecule has 7 heteroatoms. The summed E-state index contributed by atoms with van der Waals surface area (Å²) in [5.74, 6) is 0.392. The number of rotatable bonds is 4. The molecule has 2 heterocycles. The molecule has 0 saturated carbocycles. The lowest BCUT2D eigenvalue weighted by Crippen LogP contribution is -2.45. The maximum atomic E-state index is 5.97. The van der Waals surface area contributed by atoms with Gasteiger partial charge < -0.3 is 5.73 Å². The summed E-state index contributed by atoms with van der Waals surface area (Å²) in [6.07, 6.45) is 11.1. The smallest absolute Gasteiger partial charge is 0.234 e. The molecule has 0 atom stereocenters. The molecule has 0 saturated heterocycles. The van der Waals surface area contributed by atoms with Crippen molar-refractivity contribution in [1.29, 1.82) is 0 Å². The second-order valence-corrected chi connectivity index (χ2v) is 3.47. The van der Waals surface area contributed by atoms with Crippen LogP contribution in [0.25, 0.3) is 0 Å². The highest BCUT2D eigenvalue weighted by Crippen LogP contribution is 1.95. The summed E-state index contributed by atoms with van der Waals surface area (Å²) in [4.78, 5) is 7.90. The minimum atomic E-state index is 0.392. The highest BCUT2D eigenvalue weighted by molar-refractivity contribution is 5.87. The zero-order valence-corrected chi connectivity index (χ0v) is 9.64. The first-order valence-electron chi connectivity index (χ1n) is 5.39. The molecule has 0 bridgehead atoms. The summed E-state index contributed by atoms with van der Waals surface area (Å²) in [6, 6.07) is 0. The first-order chi connectivity index (χ1) is 8.31. The van der Waals surface area contributed by atoms with Crippen LogP contribution in [0.4, 0.5) is 0 Å². The Bertz CT molecular complexity index is 457. The Morgan fingerprint density at radius 2 is 2.06 bits per heavy atom. The Labute approximate surface area is 99.2 Å². The molecule has 0 unspecified atom stereocenters. The summed E-state index contributed by atoms with van der Waals surface area (Å²) < 4.78 is 3.37. The fourth-order valence-corrected chi connectivity index (χ4v) is 1.44. The molecule has 0 aliphatic rings. The monoisotopic (exact) mass is 233 g/mol. The molecule has 0 aromatic carbocycles. The predicted molar refractivity (Wildman–Crippen MR) is 64.8 cm³/mol. The number of nitrogens with zero attached hydrogens (tertiary/aromatic N) is 6. The molecule has 0 aliphatic heterocycles. The van der Waals surface area contributed by atoms with Crippen LogP contribution < -0.4 is 10.7 Å². The Balaban J connectivity index is 2.22. The number of hydrogen-bond donors (Lipinski definition) is 1. The van der Waals surface area contributed by atoms with Crippen LogP contribution in [0.3, 0.4) is 0 Å². The van der Waals surface area contributed by atoms with Gasteiger partial charge in [-0.25, -0.2) is 24.3 Å². The minimum Gasteiger partial charge on any atom is -0.367 e. The van der Waals surface area contributed by atoms with Crippen LogP contribution in [0, 0.1) is 0 Å². The van der Waals surface area contributed by atoms with Crippen LogP contribution in [0.5, 0.6) is 0 Å². The molecule has 17 heavy (non-hydrogen) atoms. The van der Waals surface area contributed by atoms with E-state index in [-0.39, 0.29) is 0 Å². The van der Waals surface area contributed by atoms with Crippen LogP contribution in [0.2, 0.25) is 0 Å². The van der Waals surface area contributed by atoms with Gasteiger partial charge in [0.2, 0.25) is 5.96 Å². The van der Waals surface area contributed by atoms with E-state index in [4.69, 9.17) is 5.73 Å². The number of hydrogen-bond acceptors (Lipinski definition) is 3. The van der Waals surface area contributed by atoms with Gasteiger partial charge in [0.15, 0.2) is 0 Å². The number of aromatic nitrogens is 4. The molecule has 0 aliphatic carbocycles. The van der Waals surface area contributed by atoms with Crippen LogP contribution in [-0.2, 0) is 0 Å². The van der Waals surface area contributed by atoms with E-state index in [1.54, 1.807) is 40.6 Å². The van der Waals surface area contributed by atoms with Gasteiger partial charge in [-0.1, -0.05) is 6.92 Å². The van der Waals surface area contributed by atoms with Gasteiger partial charge in [-0.15, -0.1) is 5.10 Å². The Hall–Kier alpha value is -2.31. The van der Waals surface area contributed by atoms with E-state index >= 15 is 0 Å². The van der Waals surface area contributed by atoms with E-state index in [2.05, 4.69) is 22.0 Å². The molecular weight excluding hydrogens is 218 g/mol. The zero-order valence-electron chi connectivity index (χ0n) is 9.64. The van der Waals surface area contributed by atoms with Crippen LogP contribution in [0.1, 0.15) is 13.3 Å². The van der Waals surface area contributed by atoms with Gasteiger partial charge in [0.05, 0.1) is 0 Å². The van der Waals surface area contributed by atoms with Gasteiger partial charge in [0, 0.05) is 31.3 Å². The zero-order chi connectivity index (χ0) is 12.1. The molecule has 0 fully saturated rings.